The SMILES string of the molecule is CCn1c(SCc2ccc(-c3csnn3)cc2)nnc1-c1ccc(OC)cc1. The minimum atomic E-state index is 0.812. The van der Waals surface area contributed by atoms with Crippen LogP contribution in [0.2, 0.25) is 0 Å². The first kappa shape index (κ1) is 18.6. The van der Waals surface area contributed by atoms with E-state index < -0.39 is 0 Å². The lowest BCUT2D eigenvalue weighted by Gasteiger charge is -2.08. The highest BCUT2D eigenvalue weighted by atomic mass is 32.2. The standard InChI is InChI=1S/C20H19N5OS2/c1-3-25-19(16-8-10-17(26-2)11-9-16)22-23-20(25)27-12-14-4-6-15(7-5-14)18-13-28-24-21-18/h4-11,13H,3,12H2,1-2H3. The van der Waals surface area contributed by atoms with Crippen molar-refractivity contribution in [3.63, 3.8) is 0 Å². The molecule has 142 valence electrons. The van der Waals surface area contributed by atoms with Crippen molar-refractivity contribution in [2.24, 2.45) is 0 Å². The largest absolute Gasteiger partial charge is 0.497 e. The van der Waals surface area contributed by atoms with Gasteiger partial charge in [0.2, 0.25) is 0 Å². The number of nitrogens with zero attached hydrogens (tertiary/aromatic N) is 5. The van der Waals surface area contributed by atoms with Crippen molar-refractivity contribution in [3.8, 4) is 28.4 Å². The second-order valence-electron chi connectivity index (χ2n) is 6.05. The van der Waals surface area contributed by atoms with Gasteiger partial charge in [0, 0.05) is 28.8 Å². The van der Waals surface area contributed by atoms with Gasteiger partial charge in [-0.25, -0.2) is 0 Å². The Bertz CT molecular complexity index is 1030. The Labute approximate surface area is 171 Å². The van der Waals surface area contributed by atoms with Gasteiger partial charge in [-0.05, 0) is 48.3 Å². The molecule has 0 fully saturated rings. The predicted octanol–water partition coefficient (Wildman–Crippen LogP) is 4.78. The Morgan fingerprint density at radius 1 is 0.964 bits per heavy atom. The Hall–Kier alpha value is -2.71. The molecular weight excluding hydrogens is 390 g/mol. The van der Waals surface area contributed by atoms with Crippen LogP contribution in [0.25, 0.3) is 22.6 Å². The minimum absolute atomic E-state index is 0.812. The van der Waals surface area contributed by atoms with E-state index in [2.05, 4.69) is 55.5 Å². The van der Waals surface area contributed by atoms with Crippen LogP contribution in [0.5, 0.6) is 5.75 Å². The second kappa shape index (κ2) is 8.53. The van der Waals surface area contributed by atoms with E-state index in [9.17, 15) is 0 Å². The van der Waals surface area contributed by atoms with Gasteiger partial charge in [-0.15, -0.1) is 15.3 Å². The average Bonchev–Trinajstić information content (AvgIpc) is 3.42. The van der Waals surface area contributed by atoms with Crippen LogP contribution in [0.1, 0.15) is 12.5 Å². The van der Waals surface area contributed by atoms with Crippen molar-refractivity contribution in [1.29, 1.82) is 0 Å². The van der Waals surface area contributed by atoms with Crippen LogP contribution in [-0.4, -0.2) is 31.5 Å². The lowest BCUT2D eigenvalue weighted by Crippen LogP contribution is -2.00. The van der Waals surface area contributed by atoms with E-state index in [1.807, 2.05) is 29.6 Å². The fourth-order valence-corrected chi connectivity index (χ4v) is 4.27. The summed E-state index contributed by atoms with van der Waals surface area (Å²) in [5.41, 5.74) is 4.26. The van der Waals surface area contributed by atoms with Crippen LogP contribution >= 0.6 is 23.3 Å². The van der Waals surface area contributed by atoms with Gasteiger partial charge in [-0.3, -0.25) is 0 Å². The Kier molecular flexibility index (Phi) is 5.68. The van der Waals surface area contributed by atoms with Crippen molar-refractivity contribution < 1.29 is 4.74 Å². The molecule has 0 saturated heterocycles. The smallest absolute Gasteiger partial charge is 0.191 e. The molecule has 8 heteroatoms. The summed E-state index contributed by atoms with van der Waals surface area (Å²) in [5.74, 6) is 2.54. The summed E-state index contributed by atoms with van der Waals surface area (Å²) in [7, 11) is 1.67. The first-order chi connectivity index (χ1) is 13.8. The van der Waals surface area contributed by atoms with Crippen LogP contribution < -0.4 is 4.74 Å². The molecule has 0 aliphatic rings. The normalized spacial score (nSPS) is 10.9. The summed E-state index contributed by atoms with van der Waals surface area (Å²) in [4.78, 5) is 0. The van der Waals surface area contributed by atoms with Crippen LogP contribution in [0.3, 0.4) is 0 Å². The quantitative estimate of drug-likeness (QED) is 0.409. The highest BCUT2D eigenvalue weighted by Gasteiger charge is 2.13. The Morgan fingerprint density at radius 2 is 1.71 bits per heavy atom. The van der Waals surface area contributed by atoms with E-state index in [-0.39, 0.29) is 0 Å². The molecule has 0 saturated carbocycles. The zero-order valence-electron chi connectivity index (χ0n) is 15.6. The van der Waals surface area contributed by atoms with E-state index in [0.29, 0.717) is 0 Å². The van der Waals surface area contributed by atoms with Gasteiger partial charge in [0.15, 0.2) is 11.0 Å². The van der Waals surface area contributed by atoms with E-state index in [1.165, 1.54) is 17.1 Å². The molecule has 0 N–H and O–H groups in total. The van der Waals surface area contributed by atoms with Crippen LogP contribution in [0.15, 0.2) is 59.1 Å². The maximum Gasteiger partial charge on any atom is 0.191 e. The molecule has 2 aromatic carbocycles. The number of rotatable bonds is 7. The fraction of sp³-hybridized carbons (Fsp3) is 0.200. The van der Waals surface area contributed by atoms with E-state index in [1.54, 1.807) is 18.9 Å². The summed E-state index contributed by atoms with van der Waals surface area (Å²) in [5, 5.41) is 15.8. The van der Waals surface area contributed by atoms with Gasteiger partial charge in [-0.2, -0.15) is 0 Å². The number of hydrogen-bond acceptors (Lipinski definition) is 7. The van der Waals surface area contributed by atoms with Crippen molar-refractivity contribution in [2.45, 2.75) is 24.4 Å². The maximum absolute atomic E-state index is 5.23. The summed E-state index contributed by atoms with van der Waals surface area (Å²) < 4.78 is 11.3. The highest BCUT2D eigenvalue weighted by Crippen LogP contribution is 2.28. The number of ether oxygens (including phenoxy) is 1. The minimum Gasteiger partial charge on any atom is -0.497 e. The molecule has 0 bridgehead atoms. The summed E-state index contributed by atoms with van der Waals surface area (Å²) in [6, 6.07) is 16.3. The third kappa shape index (κ3) is 3.93. The molecule has 0 amide bonds. The fourth-order valence-electron chi connectivity index (χ4n) is 2.84. The second-order valence-corrected chi connectivity index (χ2v) is 7.61. The molecule has 0 atom stereocenters. The first-order valence-corrected chi connectivity index (χ1v) is 10.7. The molecule has 2 aromatic heterocycles. The van der Waals surface area contributed by atoms with Gasteiger partial charge >= 0.3 is 0 Å². The van der Waals surface area contributed by atoms with Crippen LogP contribution in [-0.2, 0) is 12.3 Å². The van der Waals surface area contributed by atoms with Gasteiger partial charge in [0.05, 0.1) is 7.11 Å². The van der Waals surface area contributed by atoms with Gasteiger partial charge in [0.1, 0.15) is 11.4 Å². The first-order valence-electron chi connectivity index (χ1n) is 8.85. The summed E-state index contributed by atoms with van der Waals surface area (Å²) >= 11 is 3.05. The third-order valence-electron chi connectivity index (χ3n) is 4.36. The molecule has 0 unspecified atom stereocenters. The maximum atomic E-state index is 5.23. The number of benzene rings is 2. The van der Waals surface area contributed by atoms with E-state index in [0.717, 1.165) is 45.8 Å². The lowest BCUT2D eigenvalue weighted by atomic mass is 10.1. The number of methoxy groups -OCH3 is 1. The molecule has 0 aliphatic heterocycles. The van der Waals surface area contributed by atoms with Crippen LogP contribution in [0, 0.1) is 0 Å². The molecule has 2 heterocycles. The number of aromatic nitrogens is 5. The predicted molar refractivity (Wildman–Crippen MR) is 113 cm³/mol. The molecule has 0 radical (unpaired) electrons. The summed E-state index contributed by atoms with van der Waals surface area (Å²) in [6.07, 6.45) is 0. The summed E-state index contributed by atoms with van der Waals surface area (Å²) in [6.45, 7) is 2.92. The van der Waals surface area contributed by atoms with Crippen molar-refractivity contribution in [3.05, 3.63) is 59.5 Å². The average molecular weight is 410 g/mol. The van der Waals surface area contributed by atoms with Crippen LogP contribution in [0.4, 0.5) is 0 Å². The van der Waals surface area contributed by atoms with Crippen molar-refractivity contribution >= 4 is 23.3 Å². The van der Waals surface area contributed by atoms with Crippen molar-refractivity contribution in [1.82, 2.24) is 24.4 Å². The monoisotopic (exact) mass is 409 g/mol. The Balaban J connectivity index is 1.48. The van der Waals surface area contributed by atoms with E-state index >= 15 is 0 Å². The zero-order chi connectivity index (χ0) is 19.3. The highest BCUT2D eigenvalue weighted by molar-refractivity contribution is 7.98. The Morgan fingerprint density at radius 3 is 2.36 bits per heavy atom. The molecule has 4 aromatic rings. The van der Waals surface area contributed by atoms with E-state index in [4.69, 9.17) is 4.74 Å². The van der Waals surface area contributed by atoms with Gasteiger partial charge < -0.3 is 9.30 Å². The lowest BCUT2D eigenvalue weighted by molar-refractivity contribution is 0.415. The molecule has 28 heavy (non-hydrogen) atoms. The topological polar surface area (TPSA) is 65.7 Å². The molecule has 0 spiro atoms. The van der Waals surface area contributed by atoms with Gasteiger partial charge in [-0.1, -0.05) is 40.5 Å². The number of thioether (sulfide) groups is 1. The van der Waals surface area contributed by atoms with Gasteiger partial charge in [0.25, 0.3) is 0 Å². The molecular formula is C20H19N5OS2. The molecule has 0 aliphatic carbocycles. The van der Waals surface area contributed by atoms with Crippen molar-refractivity contribution in [2.75, 3.05) is 7.11 Å². The third-order valence-corrected chi connectivity index (χ3v) is 5.90. The molecule has 6 nitrogen and oxygen atoms in total. The number of hydrogen-bond donors (Lipinski definition) is 0. The zero-order valence-corrected chi connectivity index (χ0v) is 17.2. The molecule has 4 rings (SSSR count).